The predicted molar refractivity (Wildman–Crippen MR) is 138 cm³/mol. The second-order valence-electron chi connectivity index (χ2n) is 8.11. The molecule has 0 bridgehead atoms. The minimum absolute atomic E-state index is 0.0173. The van der Waals surface area contributed by atoms with Crippen LogP contribution in [0.15, 0.2) is 58.9 Å². The lowest BCUT2D eigenvalue weighted by atomic mass is 10.0. The van der Waals surface area contributed by atoms with Crippen molar-refractivity contribution in [3.63, 3.8) is 0 Å². The largest absolute Gasteiger partial charge is 0.311 e. The van der Waals surface area contributed by atoms with Crippen molar-refractivity contribution in [2.45, 2.75) is 50.1 Å². The lowest BCUT2D eigenvalue weighted by Crippen LogP contribution is -2.43. The van der Waals surface area contributed by atoms with Crippen LogP contribution in [-0.2, 0) is 16.6 Å². The first-order chi connectivity index (χ1) is 16.3. The van der Waals surface area contributed by atoms with E-state index in [1.165, 1.54) is 35.6 Å². The van der Waals surface area contributed by atoms with E-state index in [2.05, 4.69) is 11.6 Å². The summed E-state index contributed by atoms with van der Waals surface area (Å²) in [7, 11) is -3.61. The molecule has 1 aliphatic heterocycles. The number of allylic oxidation sites excluding steroid dienone is 1. The van der Waals surface area contributed by atoms with E-state index in [9.17, 15) is 13.2 Å². The summed E-state index contributed by atoms with van der Waals surface area (Å²) in [6, 6.07) is 9.55. The average molecular weight is 539 g/mol. The lowest BCUT2D eigenvalue weighted by molar-refractivity contribution is 0.0997. The topological polar surface area (TPSA) is 71.7 Å². The summed E-state index contributed by atoms with van der Waals surface area (Å²) in [6.45, 7) is 6.71. The van der Waals surface area contributed by atoms with Crippen molar-refractivity contribution in [3.05, 3.63) is 69.5 Å². The summed E-state index contributed by atoms with van der Waals surface area (Å²) < 4.78 is 30.6. The van der Waals surface area contributed by atoms with Gasteiger partial charge in [-0.1, -0.05) is 54.0 Å². The van der Waals surface area contributed by atoms with Crippen LogP contribution in [0.4, 0.5) is 0 Å². The summed E-state index contributed by atoms with van der Waals surface area (Å²) in [5.74, 6) is -0.472. The molecule has 0 spiro atoms. The Balaban J connectivity index is 1.67. The van der Waals surface area contributed by atoms with Crippen molar-refractivity contribution in [1.82, 2.24) is 8.87 Å². The van der Waals surface area contributed by atoms with Gasteiger partial charge in [0.15, 0.2) is 4.80 Å². The molecule has 1 aliphatic rings. The highest BCUT2D eigenvalue weighted by Gasteiger charge is 2.32. The van der Waals surface area contributed by atoms with Crippen LogP contribution in [0.1, 0.15) is 43.0 Å². The molecule has 1 atom stereocenters. The Labute approximate surface area is 213 Å². The Morgan fingerprint density at radius 2 is 1.94 bits per heavy atom. The highest BCUT2D eigenvalue weighted by molar-refractivity contribution is 7.89. The number of halogens is 2. The molecule has 1 saturated heterocycles. The van der Waals surface area contributed by atoms with Crippen LogP contribution in [0.25, 0.3) is 10.2 Å². The maximum absolute atomic E-state index is 13.2. The fourth-order valence-electron chi connectivity index (χ4n) is 4.24. The van der Waals surface area contributed by atoms with Crippen molar-refractivity contribution in [2.24, 2.45) is 4.99 Å². The average Bonchev–Trinajstić information content (AvgIpc) is 3.19. The van der Waals surface area contributed by atoms with Gasteiger partial charge in [0.1, 0.15) is 0 Å². The zero-order valence-electron chi connectivity index (χ0n) is 18.7. The summed E-state index contributed by atoms with van der Waals surface area (Å²) in [6.07, 6.45) is 5.25. The molecule has 0 saturated carbocycles. The number of benzene rings is 2. The normalized spacial score (nSPS) is 17.9. The Kier molecular flexibility index (Phi) is 7.64. The van der Waals surface area contributed by atoms with Crippen molar-refractivity contribution < 1.29 is 13.2 Å². The standard InChI is InChI=1S/C24H25Cl2N3O3S2/c1-3-14-28-22-20(13-12-19(25)21(22)26)33-24(28)27-23(30)16-8-10-18(11-9-16)34(31,32)29-15-6-5-7-17(29)4-2/h3,8-13,17H,1,4-7,14-15H2,2H3. The maximum atomic E-state index is 13.2. The Hall–Kier alpha value is -1.97. The fourth-order valence-corrected chi connectivity index (χ4v) is 7.53. The van der Waals surface area contributed by atoms with Crippen molar-refractivity contribution in [2.75, 3.05) is 6.54 Å². The molecule has 3 aromatic rings. The van der Waals surface area contributed by atoms with Gasteiger partial charge in [-0.05, 0) is 55.7 Å². The molecule has 4 rings (SSSR count). The van der Waals surface area contributed by atoms with Crippen molar-refractivity contribution >= 4 is 60.7 Å². The number of fused-ring (bicyclic) bond motifs is 1. The summed E-state index contributed by atoms with van der Waals surface area (Å²) in [4.78, 5) is 17.9. The Morgan fingerprint density at radius 3 is 2.62 bits per heavy atom. The molecule has 2 heterocycles. The number of hydrogen-bond donors (Lipinski definition) is 0. The molecule has 6 nitrogen and oxygen atoms in total. The van der Waals surface area contributed by atoms with E-state index in [0.29, 0.717) is 39.0 Å². The number of carbonyl (C=O) groups excluding carboxylic acids is 1. The molecule has 1 aromatic heterocycles. The molecule has 0 N–H and O–H groups in total. The first-order valence-electron chi connectivity index (χ1n) is 11.1. The van der Waals surface area contributed by atoms with Gasteiger partial charge in [-0.2, -0.15) is 9.30 Å². The minimum atomic E-state index is -3.61. The predicted octanol–water partition coefficient (Wildman–Crippen LogP) is 5.89. The molecular formula is C24H25Cl2N3O3S2. The first-order valence-corrected chi connectivity index (χ1v) is 14.1. The number of sulfonamides is 1. The molecule has 2 aromatic carbocycles. The highest BCUT2D eigenvalue weighted by atomic mass is 35.5. The molecule has 0 radical (unpaired) electrons. The number of piperidine rings is 1. The quantitative estimate of drug-likeness (QED) is 0.368. The van der Waals surface area contributed by atoms with Crippen LogP contribution in [0.2, 0.25) is 10.0 Å². The molecule has 1 fully saturated rings. The second kappa shape index (κ2) is 10.3. The fraction of sp³-hybridized carbons (Fsp3) is 0.333. The van der Waals surface area contributed by atoms with Crippen LogP contribution in [-0.4, -0.2) is 35.8 Å². The summed E-state index contributed by atoms with van der Waals surface area (Å²) in [5, 5.41) is 0.808. The van der Waals surface area contributed by atoms with Crippen LogP contribution in [0.3, 0.4) is 0 Å². The SMILES string of the molecule is C=CCn1c(=NC(=O)c2ccc(S(=O)(=O)N3CCCCC3CC)cc2)sc2ccc(Cl)c(Cl)c21. The number of thiazole rings is 1. The van der Waals surface area contributed by atoms with Crippen LogP contribution < -0.4 is 4.80 Å². The Bertz CT molecular complexity index is 1410. The lowest BCUT2D eigenvalue weighted by Gasteiger charge is -2.34. The van der Waals surface area contributed by atoms with Crippen LogP contribution in [0, 0.1) is 0 Å². The van der Waals surface area contributed by atoms with E-state index in [0.717, 1.165) is 30.4 Å². The zero-order chi connectivity index (χ0) is 24.5. The third kappa shape index (κ3) is 4.75. The maximum Gasteiger partial charge on any atom is 0.279 e. The van der Waals surface area contributed by atoms with Crippen LogP contribution >= 0.6 is 34.5 Å². The molecule has 10 heteroatoms. The number of hydrogen-bond acceptors (Lipinski definition) is 4. The van der Waals surface area contributed by atoms with E-state index >= 15 is 0 Å². The smallest absolute Gasteiger partial charge is 0.279 e. The summed E-state index contributed by atoms with van der Waals surface area (Å²) >= 11 is 13.9. The van der Waals surface area contributed by atoms with E-state index in [4.69, 9.17) is 23.2 Å². The number of aromatic nitrogens is 1. The number of amides is 1. The zero-order valence-corrected chi connectivity index (χ0v) is 21.9. The van der Waals surface area contributed by atoms with Crippen molar-refractivity contribution in [3.8, 4) is 0 Å². The van der Waals surface area contributed by atoms with Gasteiger partial charge in [0, 0.05) is 24.7 Å². The van der Waals surface area contributed by atoms with Gasteiger partial charge in [-0.25, -0.2) is 8.42 Å². The molecule has 180 valence electrons. The van der Waals surface area contributed by atoms with Gasteiger partial charge in [0.25, 0.3) is 5.91 Å². The minimum Gasteiger partial charge on any atom is -0.311 e. The molecule has 0 aliphatic carbocycles. The van der Waals surface area contributed by atoms with Gasteiger partial charge in [0.2, 0.25) is 10.0 Å². The van der Waals surface area contributed by atoms with Gasteiger partial charge in [-0.3, -0.25) is 4.79 Å². The van der Waals surface area contributed by atoms with E-state index in [1.807, 2.05) is 13.0 Å². The number of nitrogens with zero attached hydrogens (tertiary/aromatic N) is 3. The first kappa shape index (κ1) is 25.1. The van der Waals surface area contributed by atoms with Gasteiger partial charge in [0.05, 0.1) is 25.2 Å². The van der Waals surface area contributed by atoms with Crippen LogP contribution in [0.5, 0.6) is 0 Å². The third-order valence-electron chi connectivity index (χ3n) is 6.00. The van der Waals surface area contributed by atoms with E-state index in [-0.39, 0.29) is 10.9 Å². The number of carbonyl (C=O) groups is 1. The van der Waals surface area contributed by atoms with Gasteiger partial charge < -0.3 is 4.57 Å². The molecular weight excluding hydrogens is 513 g/mol. The molecule has 1 amide bonds. The highest BCUT2D eigenvalue weighted by Crippen LogP contribution is 2.32. The Morgan fingerprint density at radius 1 is 1.21 bits per heavy atom. The third-order valence-corrected chi connectivity index (χ3v) is 9.80. The number of rotatable bonds is 6. The van der Waals surface area contributed by atoms with Gasteiger partial charge >= 0.3 is 0 Å². The summed E-state index contributed by atoms with van der Waals surface area (Å²) in [5.41, 5.74) is 0.996. The van der Waals surface area contributed by atoms with Gasteiger partial charge in [-0.15, -0.1) is 6.58 Å². The van der Waals surface area contributed by atoms with Crippen molar-refractivity contribution in [1.29, 1.82) is 0 Å². The second-order valence-corrected chi connectivity index (χ2v) is 11.8. The van der Waals surface area contributed by atoms with E-state index < -0.39 is 15.9 Å². The monoisotopic (exact) mass is 537 g/mol. The molecule has 1 unspecified atom stereocenters. The van der Waals surface area contributed by atoms with E-state index in [1.54, 1.807) is 21.0 Å². The molecule has 34 heavy (non-hydrogen) atoms.